The van der Waals surface area contributed by atoms with Crippen molar-refractivity contribution in [2.45, 2.75) is 67.7 Å². The van der Waals surface area contributed by atoms with Gasteiger partial charge in [-0.2, -0.15) is 0 Å². The third-order valence-electron chi connectivity index (χ3n) is 5.16. The number of hydrogen-bond acceptors (Lipinski definition) is 3. The summed E-state index contributed by atoms with van der Waals surface area (Å²) in [5, 5.41) is 10.6. The van der Waals surface area contributed by atoms with Gasteiger partial charge in [0.1, 0.15) is 0 Å². The smallest absolute Gasteiger partial charge is 0.159 e. The summed E-state index contributed by atoms with van der Waals surface area (Å²) in [6.45, 7) is 14.4. The number of nitrogens with zero attached hydrogens (tertiary/aromatic N) is 1. The molecule has 0 saturated heterocycles. The predicted octanol–water partition coefficient (Wildman–Crippen LogP) is 7.97. The predicted molar refractivity (Wildman–Crippen MR) is 139 cm³/mol. The Kier molecular flexibility index (Phi) is 12.4. The zero-order valence-corrected chi connectivity index (χ0v) is 23.9. The minimum atomic E-state index is 0. The molecule has 3 aromatic rings. The average molecular weight is 637 g/mol. The van der Waals surface area contributed by atoms with E-state index in [1.54, 1.807) is 0 Å². The van der Waals surface area contributed by atoms with E-state index in [1.165, 1.54) is 22.6 Å². The average Bonchev–Trinajstić information content (AvgIpc) is 2.71. The summed E-state index contributed by atoms with van der Waals surface area (Å²) in [6.07, 6.45) is 3.48. The quantitative estimate of drug-likeness (QED) is 0.163. The molecule has 0 spiro atoms. The number of ketones is 1. The Morgan fingerprint density at radius 1 is 1.03 bits per heavy atom. The van der Waals surface area contributed by atoms with Gasteiger partial charge in [-0.3, -0.25) is 9.78 Å². The molecule has 3 nitrogen and oxygen atoms in total. The molecule has 0 atom stereocenters. The van der Waals surface area contributed by atoms with E-state index in [0.717, 1.165) is 28.8 Å². The number of para-hydroxylation sites is 1. The SMILES string of the molecule is CC(C)CC(=O)/C=C(\O)CC(C)C.CCc1cc(-c2[c-]c(C)cc(C)c2)nc2ccccc12.[Ir]. The molecule has 1 N–H and O–H groups in total. The second-order valence-corrected chi connectivity index (χ2v) is 9.59. The number of rotatable bonds is 7. The van der Waals surface area contributed by atoms with Crippen molar-refractivity contribution < 1.29 is 30.0 Å². The van der Waals surface area contributed by atoms with Crippen molar-refractivity contribution in [2.24, 2.45) is 11.8 Å². The maximum absolute atomic E-state index is 11.2. The van der Waals surface area contributed by atoms with E-state index in [1.807, 2.05) is 33.8 Å². The van der Waals surface area contributed by atoms with Gasteiger partial charge in [0.25, 0.3) is 0 Å². The van der Waals surface area contributed by atoms with E-state index >= 15 is 0 Å². The van der Waals surface area contributed by atoms with Crippen molar-refractivity contribution in [1.29, 1.82) is 0 Å². The first-order chi connectivity index (χ1) is 15.6. The molecule has 3 rings (SSSR count). The molecule has 0 amide bonds. The largest absolute Gasteiger partial charge is 0.512 e. The molecule has 2 aromatic carbocycles. The molecule has 1 radical (unpaired) electrons. The first-order valence-corrected chi connectivity index (χ1v) is 11.9. The number of pyridine rings is 1. The number of carbonyl (C=O) groups is 1. The number of allylic oxidation sites excluding steroid dienone is 2. The number of benzene rings is 2. The minimum Gasteiger partial charge on any atom is -0.512 e. The Bertz CT molecular complexity index is 1100. The zero-order chi connectivity index (χ0) is 24.5. The van der Waals surface area contributed by atoms with Crippen molar-refractivity contribution in [3.05, 3.63) is 77.1 Å². The van der Waals surface area contributed by atoms with Gasteiger partial charge in [-0.25, -0.2) is 0 Å². The second kappa shape index (κ2) is 14.2. The number of carbonyl (C=O) groups excluding carboxylic acids is 1. The van der Waals surface area contributed by atoms with Crippen LogP contribution in [0.4, 0.5) is 0 Å². The maximum Gasteiger partial charge on any atom is 0.159 e. The van der Waals surface area contributed by atoms with Gasteiger partial charge in [-0.15, -0.1) is 34.9 Å². The summed E-state index contributed by atoms with van der Waals surface area (Å²) in [6, 6.07) is 18.3. The number of fused-ring (bicyclic) bond motifs is 1. The Hall–Kier alpha value is -2.29. The number of aliphatic hydroxyl groups excluding tert-OH is 1. The number of aromatic nitrogens is 1. The zero-order valence-electron chi connectivity index (χ0n) is 21.5. The first-order valence-electron chi connectivity index (χ1n) is 11.9. The molecule has 0 bridgehead atoms. The molecule has 0 saturated carbocycles. The van der Waals surface area contributed by atoms with Crippen LogP contribution < -0.4 is 0 Å². The fourth-order valence-corrected chi connectivity index (χ4v) is 3.84. The van der Waals surface area contributed by atoms with Crippen molar-refractivity contribution >= 4 is 16.7 Å². The second-order valence-electron chi connectivity index (χ2n) is 9.59. The molecule has 0 aliphatic heterocycles. The molecule has 4 heteroatoms. The maximum atomic E-state index is 11.2. The van der Waals surface area contributed by atoms with Gasteiger partial charge in [0.05, 0.1) is 11.3 Å². The van der Waals surface area contributed by atoms with Crippen molar-refractivity contribution in [3.8, 4) is 11.3 Å². The van der Waals surface area contributed by atoms with E-state index < -0.39 is 0 Å². The normalized spacial score (nSPS) is 11.3. The first kappa shape index (κ1) is 29.7. The molecule has 0 aliphatic carbocycles. The van der Waals surface area contributed by atoms with Crippen LogP contribution in [0.5, 0.6) is 0 Å². The van der Waals surface area contributed by atoms with Crippen LogP contribution in [0.25, 0.3) is 22.2 Å². The monoisotopic (exact) mass is 637 g/mol. The fraction of sp³-hybridized carbons (Fsp3) is 0.400. The van der Waals surface area contributed by atoms with Crippen molar-refractivity contribution in [1.82, 2.24) is 4.98 Å². The van der Waals surface area contributed by atoms with Gasteiger partial charge >= 0.3 is 0 Å². The molecule has 1 aromatic heterocycles. The summed E-state index contributed by atoms with van der Waals surface area (Å²) in [4.78, 5) is 16.0. The number of aryl methyl sites for hydroxylation is 3. The van der Waals surface area contributed by atoms with Gasteiger partial charge in [-0.05, 0) is 35.6 Å². The van der Waals surface area contributed by atoms with Gasteiger partial charge in [0, 0.05) is 44.4 Å². The van der Waals surface area contributed by atoms with Crippen LogP contribution in [-0.2, 0) is 31.3 Å². The van der Waals surface area contributed by atoms with Gasteiger partial charge < -0.3 is 5.11 Å². The molecule has 0 aliphatic rings. The molecular weight excluding hydrogens is 599 g/mol. The Morgan fingerprint density at radius 3 is 2.26 bits per heavy atom. The topological polar surface area (TPSA) is 50.2 Å². The van der Waals surface area contributed by atoms with Crippen LogP contribution >= 0.6 is 0 Å². The third-order valence-corrected chi connectivity index (χ3v) is 5.16. The van der Waals surface area contributed by atoms with Crippen molar-refractivity contribution in [2.75, 3.05) is 0 Å². The Morgan fingerprint density at radius 2 is 1.68 bits per heavy atom. The van der Waals surface area contributed by atoms with Crippen LogP contribution in [-0.4, -0.2) is 15.9 Å². The van der Waals surface area contributed by atoms with Crippen LogP contribution in [0, 0.1) is 31.7 Å². The van der Waals surface area contributed by atoms with E-state index in [4.69, 9.17) is 4.98 Å². The number of aliphatic hydroxyl groups is 1. The van der Waals surface area contributed by atoms with Gasteiger partial charge in [0.2, 0.25) is 0 Å². The molecule has 1 heterocycles. The van der Waals surface area contributed by atoms with Crippen LogP contribution in [0.1, 0.15) is 64.2 Å². The summed E-state index contributed by atoms with van der Waals surface area (Å²) < 4.78 is 0. The van der Waals surface area contributed by atoms with E-state index in [9.17, 15) is 9.90 Å². The van der Waals surface area contributed by atoms with Crippen LogP contribution in [0.15, 0.2) is 54.3 Å². The van der Waals surface area contributed by atoms with Crippen molar-refractivity contribution in [3.63, 3.8) is 0 Å². The molecule has 34 heavy (non-hydrogen) atoms. The molecule has 0 fully saturated rings. The Balaban J connectivity index is 0.000000364. The fourth-order valence-electron chi connectivity index (χ4n) is 3.84. The molecule has 0 unspecified atom stereocenters. The molecular formula is C30H38IrNO2-. The van der Waals surface area contributed by atoms with Crippen LogP contribution in [0.3, 0.4) is 0 Å². The Labute approximate surface area is 219 Å². The minimum absolute atomic E-state index is 0. The van der Waals surface area contributed by atoms with Crippen LogP contribution in [0.2, 0.25) is 0 Å². The van der Waals surface area contributed by atoms with Gasteiger partial charge in [-0.1, -0.05) is 72.7 Å². The standard InChI is InChI=1S/C19H18N.C11H20O2.Ir/c1-4-15-12-19(16-10-13(2)9-14(3)11-16)20-18-8-6-5-7-17(15)18;1-8(2)5-10(12)7-11(13)6-9(3)4;/h5-10,12H,4H2,1-3H3;7-9,12H,5-6H2,1-4H3;/q-1;;/b;10-7-;. The summed E-state index contributed by atoms with van der Waals surface area (Å²) in [5.41, 5.74) is 6.93. The summed E-state index contributed by atoms with van der Waals surface area (Å²) in [7, 11) is 0. The summed E-state index contributed by atoms with van der Waals surface area (Å²) in [5.74, 6) is 0.979. The summed E-state index contributed by atoms with van der Waals surface area (Å²) >= 11 is 0. The molecule has 185 valence electrons. The van der Waals surface area contributed by atoms with E-state index in [0.29, 0.717) is 24.7 Å². The number of hydrogen-bond donors (Lipinski definition) is 1. The van der Waals surface area contributed by atoms with E-state index in [-0.39, 0.29) is 31.6 Å². The van der Waals surface area contributed by atoms with Gasteiger partial charge in [0.15, 0.2) is 5.78 Å². The third kappa shape index (κ3) is 9.52. The van der Waals surface area contributed by atoms with E-state index in [2.05, 4.69) is 63.2 Å².